The third-order valence-electron chi connectivity index (χ3n) is 4.81. The molecule has 1 aliphatic rings. The van der Waals surface area contributed by atoms with E-state index in [0.29, 0.717) is 23.5 Å². The molecule has 3 aromatic rings. The highest BCUT2D eigenvalue weighted by Crippen LogP contribution is 2.34. The highest BCUT2D eigenvalue weighted by Gasteiger charge is 2.32. The molecule has 1 atom stereocenters. The fourth-order valence-corrected chi connectivity index (χ4v) is 4.20. The number of carbonyl (C=O) groups is 2. The van der Waals surface area contributed by atoms with Crippen LogP contribution in [0.15, 0.2) is 42.0 Å². The second-order valence-corrected chi connectivity index (χ2v) is 7.45. The molecule has 2 aromatic heterocycles. The lowest BCUT2D eigenvalue weighted by molar-refractivity contribution is 0.0722. The maximum absolute atomic E-state index is 13.0. The van der Waals surface area contributed by atoms with Crippen molar-refractivity contribution in [3.63, 3.8) is 0 Å². The van der Waals surface area contributed by atoms with Crippen LogP contribution in [0, 0.1) is 0 Å². The van der Waals surface area contributed by atoms with Gasteiger partial charge in [-0.25, -0.2) is 4.98 Å². The first-order valence-corrected chi connectivity index (χ1v) is 9.49. The van der Waals surface area contributed by atoms with E-state index >= 15 is 0 Å². The SMILES string of the molecule is COc1cccc(C2CN(C(=O)c3csc(C(C)=O)c3)Cc3[nH]cnc32)c1. The molecule has 0 bridgehead atoms. The Morgan fingerprint density at radius 3 is 2.93 bits per heavy atom. The number of aromatic amines is 1. The molecule has 0 saturated carbocycles. The summed E-state index contributed by atoms with van der Waals surface area (Å²) in [5.41, 5.74) is 3.50. The summed E-state index contributed by atoms with van der Waals surface area (Å²) in [6, 6.07) is 9.53. The molecule has 1 aliphatic heterocycles. The number of hydrogen-bond donors (Lipinski definition) is 1. The second kappa shape index (κ2) is 7.00. The molecule has 7 heteroatoms. The number of nitrogens with one attached hydrogen (secondary N) is 1. The summed E-state index contributed by atoms with van der Waals surface area (Å²) in [6.07, 6.45) is 1.67. The van der Waals surface area contributed by atoms with Crippen LogP contribution in [0.5, 0.6) is 5.75 Å². The number of thiophene rings is 1. The van der Waals surface area contributed by atoms with E-state index in [1.54, 1.807) is 29.8 Å². The van der Waals surface area contributed by atoms with Crippen LogP contribution in [0.4, 0.5) is 0 Å². The van der Waals surface area contributed by atoms with Gasteiger partial charge in [-0.1, -0.05) is 12.1 Å². The minimum atomic E-state index is -0.0769. The number of imidazole rings is 1. The fraction of sp³-hybridized carbons (Fsp3) is 0.250. The van der Waals surface area contributed by atoms with Crippen molar-refractivity contribution in [1.82, 2.24) is 14.9 Å². The number of nitrogens with zero attached hydrogens (tertiary/aromatic N) is 2. The van der Waals surface area contributed by atoms with Gasteiger partial charge in [0.2, 0.25) is 0 Å². The van der Waals surface area contributed by atoms with Crippen molar-refractivity contribution in [1.29, 1.82) is 0 Å². The van der Waals surface area contributed by atoms with Crippen LogP contribution in [0.3, 0.4) is 0 Å². The zero-order valence-electron chi connectivity index (χ0n) is 15.1. The van der Waals surface area contributed by atoms with Gasteiger partial charge < -0.3 is 14.6 Å². The number of aromatic nitrogens is 2. The van der Waals surface area contributed by atoms with Crippen molar-refractivity contribution in [3.05, 3.63) is 69.4 Å². The first-order valence-electron chi connectivity index (χ1n) is 8.61. The topological polar surface area (TPSA) is 75.3 Å². The Labute approximate surface area is 160 Å². The van der Waals surface area contributed by atoms with Gasteiger partial charge >= 0.3 is 0 Å². The van der Waals surface area contributed by atoms with Crippen LogP contribution in [0.1, 0.15) is 49.8 Å². The predicted molar refractivity (Wildman–Crippen MR) is 102 cm³/mol. The van der Waals surface area contributed by atoms with Gasteiger partial charge in [-0.2, -0.15) is 0 Å². The average molecular weight is 381 g/mol. The number of amides is 1. The lowest BCUT2D eigenvalue weighted by atomic mass is 9.90. The largest absolute Gasteiger partial charge is 0.497 e. The molecule has 1 amide bonds. The lowest BCUT2D eigenvalue weighted by Crippen LogP contribution is -2.38. The zero-order valence-corrected chi connectivity index (χ0v) is 15.9. The number of fused-ring (bicyclic) bond motifs is 1. The molecule has 4 rings (SSSR count). The number of Topliss-reactive ketones (excluding diaryl/α,β-unsaturated/α-hetero) is 1. The molecule has 6 nitrogen and oxygen atoms in total. The van der Waals surface area contributed by atoms with Crippen molar-refractivity contribution < 1.29 is 14.3 Å². The number of ketones is 1. The van der Waals surface area contributed by atoms with E-state index in [9.17, 15) is 9.59 Å². The summed E-state index contributed by atoms with van der Waals surface area (Å²) in [5, 5.41) is 1.75. The first-order chi connectivity index (χ1) is 13.1. The molecule has 0 spiro atoms. The molecule has 1 aromatic carbocycles. The van der Waals surface area contributed by atoms with Gasteiger partial charge in [0, 0.05) is 17.8 Å². The van der Waals surface area contributed by atoms with Crippen molar-refractivity contribution in [3.8, 4) is 5.75 Å². The zero-order chi connectivity index (χ0) is 19.0. The van der Waals surface area contributed by atoms with Gasteiger partial charge in [-0.05, 0) is 30.7 Å². The number of rotatable bonds is 4. The molecular weight excluding hydrogens is 362 g/mol. The summed E-state index contributed by atoms with van der Waals surface area (Å²) >= 11 is 1.31. The Bertz CT molecular complexity index is 1010. The molecule has 0 radical (unpaired) electrons. The average Bonchev–Trinajstić information content (AvgIpc) is 3.36. The highest BCUT2D eigenvalue weighted by molar-refractivity contribution is 7.12. The second-order valence-electron chi connectivity index (χ2n) is 6.54. The summed E-state index contributed by atoms with van der Waals surface area (Å²) in [5.74, 6) is 0.636. The van der Waals surface area contributed by atoms with Gasteiger partial charge in [-0.3, -0.25) is 9.59 Å². The summed E-state index contributed by atoms with van der Waals surface area (Å²) in [6.45, 7) is 2.51. The maximum atomic E-state index is 13.0. The number of methoxy groups -OCH3 is 1. The van der Waals surface area contributed by atoms with E-state index < -0.39 is 0 Å². The Morgan fingerprint density at radius 1 is 1.33 bits per heavy atom. The molecule has 1 N–H and O–H groups in total. The van der Waals surface area contributed by atoms with E-state index in [4.69, 9.17) is 4.74 Å². The predicted octanol–water partition coefficient (Wildman–Crippen LogP) is 3.47. The normalized spacial score (nSPS) is 16.1. The minimum Gasteiger partial charge on any atom is -0.497 e. The lowest BCUT2D eigenvalue weighted by Gasteiger charge is -2.32. The molecular formula is C20H19N3O3S. The maximum Gasteiger partial charge on any atom is 0.255 e. The van der Waals surface area contributed by atoms with Crippen LogP contribution in [-0.2, 0) is 6.54 Å². The van der Waals surface area contributed by atoms with Crippen molar-refractivity contribution in [2.45, 2.75) is 19.4 Å². The standard InChI is InChI=1S/C20H19N3O3S/c1-12(24)18-7-14(10-27-18)20(25)23-8-16(19-17(9-23)21-11-22-19)13-4-3-5-15(6-13)26-2/h3-7,10-11,16H,8-9H2,1-2H3,(H,21,22). The number of carbonyl (C=O) groups excluding carboxylic acids is 2. The molecule has 3 heterocycles. The number of hydrogen-bond acceptors (Lipinski definition) is 5. The summed E-state index contributed by atoms with van der Waals surface area (Å²) in [7, 11) is 1.64. The molecule has 0 aliphatic carbocycles. The number of ether oxygens (including phenoxy) is 1. The third kappa shape index (κ3) is 3.26. The number of H-pyrrole nitrogens is 1. The molecule has 0 fully saturated rings. The summed E-state index contributed by atoms with van der Waals surface area (Å²) in [4.78, 5) is 34.6. The summed E-state index contributed by atoms with van der Waals surface area (Å²) < 4.78 is 5.34. The van der Waals surface area contributed by atoms with Crippen LogP contribution in [-0.4, -0.2) is 40.2 Å². The Balaban J connectivity index is 1.66. The van der Waals surface area contributed by atoms with Crippen molar-refractivity contribution >= 4 is 23.0 Å². The third-order valence-corrected chi connectivity index (χ3v) is 5.84. The quantitative estimate of drug-likeness (QED) is 0.702. The van der Waals surface area contributed by atoms with Gasteiger partial charge in [0.05, 0.1) is 41.8 Å². The molecule has 0 saturated heterocycles. The Hall–Kier alpha value is -2.93. The van der Waals surface area contributed by atoms with Crippen LogP contribution in [0.25, 0.3) is 0 Å². The van der Waals surface area contributed by atoms with E-state index in [-0.39, 0.29) is 17.6 Å². The first kappa shape index (κ1) is 17.5. The van der Waals surface area contributed by atoms with Crippen LogP contribution < -0.4 is 4.74 Å². The van der Waals surface area contributed by atoms with Gasteiger partial charge in [0.1, 0.15) is 5.75 Å². The highest BCUT2D eigenvalue weighted by atomic mass is 32.1. The fourth-order valence-electron chi connectivity index (χ4n) is 3.41. The molecule has 27 heavy (non-hydrogen) atoms. The van der Waals surface area contributed by atoms with Gasteiger partial charge in [-0.15, -0.1) is 11.3 Å². The van der Waals surface area contributed by atoms with Crippen LogP contribution in [0.2, 0.25) is 0 Å². The van der Waals surface area contributed by atoms with E-state index in [1.165, 1.54) is 18.3 Å². The molecule has 138 valence electrons. The van der Waals surface area contributed by atoms with Crippen molar-refractivity contribution in [2.24, 2.45) is 0 Å². The monoisotopic (exact) mass is 381 g/mol. The van der Waals surface area contributed by atoms with Gasteiger partial charge in [0.15, 0.2) is 5.78 Å². The molecule has 1 unspecified atom stereocenters. The smallest absolute Gasteiger partial charge is 0.255 e. The Kier molecular flexibility index (Phi) is 4.53. The van der Waals surface area contributed by atoms with Crippen molar-refractivity contribution in [2.75, 3.05) is 13.7 Å². The van der Waals surface area contributed by atoms with E-state index in [0.717, 1.165) is 22.7 Å². The van der Waals surface area contributed by atoms with Crippen LogP contribution >= 0.6 is 11.3 Å². The van der Waals surface area contributed by atoms with Gasteiger partial charge in [0.25, 0.3) is 5.91 Å². The number of benzene rings is 1. The van der Waals surface area contributed by atoms with E-state index in [2.05, 4.69) is 9.97 Å². The van der Waals surface area contributed by atoms with E-state index in [1.807, 2.05) is 24.3 Å². The Morgan fingerprint density at radius 2 is 2.19 bits per heavy atom. The minimum absolute atomic E-state index is 0.0252.